The highest BCUT2D eigenvalue weighted by atomic mass is 35.5. The fourth-order valence-corrected chi connectivity index (χ4v) is 4.17. The van der Waals surface area contributed by atoms with Gasteiger partial charge in [-0.2, -0.15) is 0 Å². The number of aromatic nitrogens is 3. The molecule has 3 heterocycles. The molecule has 4 aromatic rings. The maximum atomic E-state index is 12.8. The SMILES string of the molecule is O=C(Nc1ncc2c(n1)CCN(C(=O)CCn1c(=O)oc3ccccc31)C2)c1cccc(Cl)c1. The van der Waals surface area contributed by atoms with Gasteiger partial charge in [-0.25, -0.2) is 14.8 Å². The van der Waals surface area contributed by atoms with Crippen LogP contribution in [0.4, 0.5) is 5.95 Å². The van der Waals surface area contributed by atoms with Crippen molar-refractivity contribution < 1.29 is 14.0 Å². The van der Waals surface area contributed by atoms with Crippen molar-refractivity contribution in [3.05, 3.63) is 87.1 Å². The third-order valence-corrected chi connectivity index (χ3v) is 5.96. The molecule has 0 radical (unpaired) electrons. The molecule has 0 saturated heterocycles. The smallest absolute Gasteiger partial charge is 0.408 e. The molecule has 5 rings (SSSR count). The van der Waals surface area contributed by atoms with Gasteiger partial charge < -0.3 is 9.32 Å². The molecule has 10 heteroatoms. The van der Waals surface area contributed by atoms with Gasteiger partial charge in [-0.3, -0.25) is 19.5 Å². The predicted molar refractivity (Wildman–Crippen MR) is 126 cm³/mol. The van der Waals surface area contributed by atoms with Crippen LogP contribution in [0.2, 0.25) is 5.02 Å². The van der Waals surface area contributed by atoms with E-state index in [-0.39, 0.29) is 30.7 Å². The monoisotopic (exact) mass is 477 g/mol. The van der Waals surface area contributed by atoms with Gasteiger partial charge in [0.05, 0.1) is 11.2 Å². The molecular formula is C24H20ClN5O4. The van der Waals surface area contributed by atoms with E-state index in [0.717, 1.165) is 11.3 Å². The highest BCUT2D eigenvalue weighted by Gasteiger charge is 2.23. The average molecular weight is 478 g/mol. The molecule has 0 bridgehead atoms. The Morgan fingerprint density at radius 1 is 1.15 bits per heavy atom. The van der Waals surface area contributed by atoms with Gasteiger partial charge in [0.2, 0.25) is 11.9 Å². The number of anilines is 1. The second-order valence-corrected chi connectivity index (χ2v) is 8.37. The number of aryl methyl sites for hydroxylation is 1. The van der Waals surface area contributed by atoms with Gasteiger partial charge in [-0.1, -0.05) is 29.8 Å². The van der Waals surface area contributed by atoms with E-state index in [1.807, 2.05) is 6.07 Å². The molecule has 1 aliphatic rings. The van der Waals surface area contributed by atoms with Crippen LogP contribution in [0.5, 0.6) is 0 Å². The van der Waals surface area contributed by atoms with E-state index < -0.39 is 5.76 Å². The minimum absolute atomic E-state index is 0.0684. The van der Waals surface area contributed by atoms with Gasteiger partial charge in [0.15, 0.2) is 5.58 Å². The number of nitrogens with one attached hydrogen (secondary N) is 1. The molecule has 0 fully saturated rings. The maximum Gasteiger partial charge on any atom is 0.419 e. The number of hydrogen-bond donors (Lipinski definition) is 1. The van der Waals surface area contributed by atoms with E-state index >= 15 is 0 Å². The summed E-state index contributed by atoms with van der Waals surface area (Å²) in [5, 5.41) is 3.15. The quantitative estimate of drug-likeness (QED) is 0.472. The lowest BCUT2D eigenvalue weighted by atomic mass is 10.1. The van der Waals surface area contributed by atoms with Crippen LogP contribution in [0.3, 0.4) is 0 Å². The van der Waals surface area contributed by atoms with Crippen molar-refractivity contribution in [2.75, 3.05) is 11.9 Å². The lowest BCUT2D eigenvalue weighted by molar-refractivity contribution is -0.132. The van der Waals surface area contributed by atoms with Crippen molar-refractivity contribution in [1.29, 1.82) is 0 Å². The minimum atomic E-state index is -0.473. The van der Waals surface area contributed by atoms with Gasteiger partial charge >= 0.3 is 5.76 Å². The Morgan fingerprint density at radius 2 is 2.00 bits per heavy atom. The third-order valence-electron chi connectivity index (χ3n) is 5.72. The van der Waals surface area contributed by atoms with Gasteiger partial charge in [0.1, 0.15) is 0 Å². The fraction of sp³-hybridized carbons (Fsp3) is 0.208. The predicted octanol–water partition coefficient (Wildman–Crippen LogP) is 3.27. The van der Waals surface area contributed by atoms with Gasteiger partial charge in [-0.05, 0) is 30.3 Å². The molecule has 2 amide bonds. The van der Waals surface area contributed by atoms with Crippen LogP contribution in [-0.4, -0.2) is 37.8 Å². The Bertz CT molecular complexity index is 1460. The molecule has 0 saturated carbocycles. The Morgan fingerprint density at radius 3 is 2.85 bits per heavy atom. The molecule has 0 spiro atoms. The Hall–Kier alpha value is -3.98. The molecule has 1 aliphatic heterocycles. The maximum absolute atomic E-state index is 12.8. The molecule has 0 atom stereocenters. The van der Waals surface area contributed by atoms with Crippen LogP contribution in [0.15, 0.2) is 63.9 Å². The first-order valence-electron chi connectivity index (χ1n) is 10.8. The molecule has 172 valence electrons. The number of para-hydroxylation sites is 2. The highest BCUT2D eigenvalue weighted by molar-refractivity contribution is 6.31. The number of halogens is 1. The Labute approximate surface area is 199 Å². The van der Waals surface area contributed by atoms with E-state index in [9.17, 15) is 14.4 Å². The zero-order chi connectivity index (χ0) is 23.7. The first-order chi connectivity index (χ1) is 16.5. The molecule has 9 nitrogen and oxygen atoms in total. The van der Waals surface area contributed by atoms with E-state index in [1.54, 1.807) is 53.6 Å². The van der Waals surface area contributed by atoms with Crippen LogP contribution in [0.1, 0.15) is 28.0 Å². The number of hydrogen-bond acceptors (Lipinski definition) is 6. The lowest BCUT2D eigenvalue weighted by Crippen LogP contribution is -2.37. The molecule has 0 aliphatic carbocycles. The summed E-state index contributed by atoms with van der Waals surface area (Å²) in [5.41, 5.74) is 3.20. The van der Waals surface area contributed by atoms with Crippen LogP contribution < -0.4 is 11.1 Å². The lowest BCUT2D eigenvalue weighted by Gasteiger charge is -2.28. The zero-order valence-corrected chi connectivity index (χ0v) is 18.8. The standard InChI is InChI=1S/C24H20ClN5O4/c25-17-5-3-4-15(12-17)22(32)28-23-26-13-16-14-29(10-8-18(16)27-23)21(31)9-11-30-19-6-1-2-7-20(19)34-24(30)33/h1-7,12-13H,8-11,14H2,(H,26,27,28,32). The van der Waals surface area contributed by atoms with Gasteiger partial charge in [-0.15, -0.1) is 0 Å². The van der Waals surface area contributed by atoms with E-state index in [1.165, 1.54) is 4.57 Å². The van der Waals surface area contributed by atoms with Crippen molar-refractivity contribution in [3.8, 4) is 0 Å². The highest BCUT2D eigenvalue weighted by Crippen LogP contribution is 2.20. The number of carbonyl (C=O) groups is 2. The number of fused-ring (bicyclic) bond motifs is 2. The zero-order valence-electron chi connectivity index (χ0n) is 18.0. The normalized spacial score (nSPS) is 13.0. The van der Waals surface area contributed by atoms with Crippen molar-refractivity contribution in [2.45, 2.75) is 25.9 Å². The summed E-state index contributed by atoms with van der Waals surface area (Å²) in [6.45, 7) is 1.10. The molecule has 34 heavy (non-hydrogen) atoms. The van der Waals surface area contributed by atoms with E-state index in [2.05, 4.69) is 15.3 Å². The second kappa shape index (κ2) is 9.11. The number of carbonyl (C=O) groups excluding carboxylic acids is 2. The topological polar surface area (TPSA) is 110 Å². The van der Waals surface area contributed by atoms with E-state index in [4.69, 9.17) is 16.0 Å². The minimum Gasteiger partial charge on any atom is -0.408 e. The number of rotatable bonds is 5. The summed E-state index contributed by atoms with van der Waals surface area (Å²) in [5.74, 6) is -0.688. The summed E-state index contributed by atoms with van der Waals surface area (Å²) in [6, 6.07) is 13.7. The van der Waals surface area contributed by atoms with E-state index in [0.29, 0.717) is 41.2 Å². The van der Waals surface area contributed by atoms with Crippen molar-refractivity contribution in [3.63, 3.8) is 0 Å². The first kappa shape index (κ1) is 21.8. The summed E-state index contributed by atoms with van der Waals surface area (Å²) >= 11 is 5.95. The second-order valence-electron chi connectivity index (χ2n) is 7.93. The van der Waals surface area contributed by atoms with Crippen LogP contribution in [0, 0.1) is 0 Å². The van der Waals surface area contributed by atoms with Gasteiger partial charge in [0.25, 0.3) is 5.91 Å². The number of amides is 2. The fourth-order valence-electron chi connectivity index (χ4n) is 3.98. The molecule has 0 unspecified atom stereocenters. The number of oxazole rings is 1. The molecule has 2 aromatic heterocycles. The van der Waals surface area contributed by atoms with Crippen LogP contribution >= 0.6 is 11.6 Å². The molecule has 2 aromatic carbocycles. The third kappa shape index (κ3) is 4.42. The number of nitrogens with zero attached hydrogens (tertiary/aromatic N) is 4. The largest absolute Gasteiger partial charge is 0.419 e. The van der Waals surface area contributed by atoms with Crippen molar-refractivity contribution in [2.24, 2.45) is 0 Å². The van der Waals surface area contributed by atoms with Crippen molar-refractivity contribution >= 4 is 40.5 Å². The summed E-state index contributed by atoms with van der Waals surface area (Å²) in [7, 11) is 0. The molecular weight excluding hydrogens is 458 g/mol. The Kier molecular flexibility index (Phi) is 5.85. The van der Waals surface area contributed by atoms with Crippen LogP contribution in [0.25, 0.3) is 11.1 Å². The number of benzene rings is 2. The van der Waals surface area contributed by atoms with Gasteiger partial charge in [0, 0.05) is 54.8 Å². The summed E-state index contributed by atoms with van der Waals surface area (Å²) < 4.78 is 6.70. The first-order valence-corrected chi connectivity index (χ1v) is 11.1. The average Bonchev–Trinajstić information content (AvgIpc) is 3.17. The molecule has 1 N–H and O–H groups in total. The van der Waals surface area contributed by atoms with Crippen molar-refractivity contribution in [1.82, 2.24) is 19.4 Å². The summed E-state index contributed by atoms with van der Waals surface area (Å²) in [6.07, 6.45) is 2.34. The Balaban J connectivity index is 1.22. The summed E-state index contributed by atoms with van der Waals surface area (Å²) in [4.78, 5) is 47.8. The van der Waals surface area contributed by atoms with Crippen LogP contribution in [-0.2, 0) is 24.3 Å².